The summed E-state index contributed by atoms with van der Waals surface area (Å²) in [5.74, 6) is 1.94. The maximum absolute atomic E-state index is 5.22. The molecule has 0 atom stereocenters. The minimum atomic E-state index is 0.417. The summed E-state index contributed by atoms with van der Waals surface area (Å²) in [6.07, 6.45) is 8.22. The van der Waals surface area contributed by atoms with E-state index in [-0.39, 0.29) is 0 Å². The van der Waals surface area contributed by atoms with Gasteiger partial charge < -0.3 is 9.64 Å². The highest BCUT2D eigenvalue weighted by molar-refractivity contribution is 7.80. The zero-order valence-electron chi connectivity index (χ0n) is 13.5. The molecule has 1 saturated carbocycles. The lowest BCUT2D eigenvalue weighted by atomic mass is 9.81. The predicted molar refractivity (Wildman–Crippen MR) is 93.3 cm³/mol. The van der Waals surface area contributed by atoms with E-state index in [0.717, 1.165) is 24.6 Å². The Kier molecular flexibility index (Phi) is 6.43. The molecule has 1 aromatic carbocycles. The summed E-state index contributed by atoms with van der Waals surface area (Å²) in [5.41, 5.74) is 1.77. The molecule has 118 valence electrons. The molecule has 0 N–H and O–H groups in total. The molecule has 1 fully saturated rings. The minimum Gasteiger partial charge on any atom is -0.497 e. The van der Waals surface area contributed by atoms with E-state index >= 15 is 0 Å². The van der Waals surface area contributed by atoms with Gasteiger partial charge in [0.1, 0.15) is 5.75 Å². The zero-order chi connectivity index (χ0) is 15.1. The van der Waals surface area contributed by atoms with Crippen molar-refractivity contribution in [1.82, 2.24) is 4.90 Å². The molecule has 0 amide bonds. The fourth-order valence-electron chi connectivity index (χ4n) is 3.52. The van der Waals surface area contributed by atoms with Crippen LogP contribution < -0.4 is 4.74 Å². The first kappa shape index (κ1) is 16.7. The van der Waals surface area contributed by atoms with Crippen LogP contribution in [0.1, 0.15) is 44.1 Å². The smallest absolute Gasteiger partial charge is 0.118 e. The fraction of sp³-hybridized carbons (Fsp3) is 0.667. The van der Waals surface area contributed by atoms with Crippen LogP contribution in [0.4, 0.5) is 0 Å². The van der Waals surface area contributed by atoms with Crippen molar-refractivity contribution in [2.75, 3.05) is 26.5 Å². The van der Waals surface area contributed by atoms with Crippen LogP contribution in [-0.4, -0.2) is 31.4 Å². The average Bonchev–Trinajstić information content (AvgIpc) is 2.74. The Balaban J connectivity index is 1.93. The van der Waals surface area contributed by atoms with Crippen molar-refractivity contribution in [3.63, 3.8) is 0 Å². The second-order valence-corrected chi connectivity index (χ2v) is 6.91. The molecule has 0 heterocycles. The SMILES string of the molecule is COc1ccc(CN(C)CC2(CS)CCCCCC2)cc1. The van der Waals surface area contributed by atoms with Crippen LogP contribution in [0.5, 0.6) is 5.75 Å². The maximum Gasteiger partial charge on any atom is 0.118 e. The van der Waals surface area contributed by atoms with E-state index in [1.807, 2.05) is 12.1 Å². The van der Waals surface area contributed by atoms with Crippen molar-refractivity contribution >= 4 is 12.6 Å². The first-order chi connectivity index (χ1) is 10.2. The van der Waals surface area contributed by atoms with E-state index in [1.165, 1.54) is 44.1 Å². The summed E-state index contributed by atoms with van der Waals surface area (Å²) >= 11 is 4.68. The predicted octanol–water partition coefficient (Wildman–Crippen LogP) is 4.40. The Morgan fingerprint density at radius 3 is 2.24 bits per heavy atom. The number of ether oxygens (including phenoxy) is 1. The topological polar surface area (TPSA) is 12.5 Å². The summed E-state index contributed by atoms with van der Waals surface area (Å²) in [5, 5.41) is 0. The van der Waals surface area contributed by atoms with Gasteiger partial charge in [0.25, 0.3) is 0 Å². The standard InChI is InChI=1S/C18H29NOS/c1-19(13-16-7-9-17(20-2)10-8-16)14-18(15-21)11-5-3-4-6-12-18/h7-10,21H,3-6,11-15H2,1-2H3. The average molecular weight is 308 g/mol. The molecule has 0 bridgehead atoms. The summed E-state index contributed by atoms with van der Waals surface area (Å²) in [4.78, 5) is 2.46. The van der Waals surface area contributed by atoms with Gasteiger partial charge in [-0.05, 0) is 48.8 Å². The minimum absolute atomic E-state index is 0.417. The van der Waals surface area contributed by atoms with Gasteiger partial charge in [0.05, 0.1) is 7.11 Å². The summed E-state index contributed by atoms with van der Waals surface area (Å²) in [7, 11) is 3.95. The van der Waals surface area contributed by atoms with Crippen LogP contribution in [0.15, 0.2) is 24.3 Å². The van der Waals surface area contributed by atoms with Gasteiger partial charge in [-0.3, -0.25) is 0 Å². The molecule has 3 heteroatoms. The molecule has 21 heavy (non-hydrogen) atoms. The number of methoxy groups -OCH3 is 1. The third kappa shape index (κ3) is 4.93. The normalized spacial score (nSPS) is 18.5. The van der Waals surface area contributed by atoms with E-state index in [0.29, 0.717) is 5.41 Å². The van der Waals surface area contributed by atoms with E-state index in [1.54, 1.807) is 7.11 Å². The van der Waals surface area contributed by atoms with E-state index in [4.69, 9.17) is 4.74 Å². The monoisotopic (exact) mass is 307 g/mol. The van der Waals surface area contributed by atoms with Crippen molar-refractivity contribution in [3.8, 4) is 5.75 Å². The Hall–Kier alpha value is -0.670. The highest BCUT2D eigenvalue weighted by Gasteiger charge is 2.30. The van der Waals surface area contributed by atoms with Crippen LogP contribution in [0.25, 0.3) is 0 Å². The number of rotatable bonds is 6. The summed E-state index contributed by atoms with van der Waals surface area (Å²) in [6, 6.07) is 8.41. The van der Waals surface area contributed by atoms with Crippen LogP contribution in [0.3, 0.4) is 0 Å². The molecule has 0 unspecified atom stereocenters. The highest BCUT2D eigenvalue weighted by Crippen LogP contribution is 2.36. The van der Waals surface area contributed by atoms with Gasteiger partial charge in [0.15, 0.2) is 0 Å². The van der Waals surface area contributed by atoms with Gasteiger partial charge in [-0.2, -0.15) is 12.6 Å². The fourth-order valence-corrected chi connectivity index (χ4v) is 3.93. The first-order valence-corrected chi connectivity index (χ1v) is 8.73. The lowest BCUT2D eigenvalue weighted by molar-refractivity contribution is 0.170. The van der Waals surface area contributed by atoms with Crippen LogP contribution in [-0.2, 0) is 6.54 Å². The molecule has 0 aliphatic heterocycles. The molecule has 0 spiro atoms. The van der Waals surface area contributed by atoms with Crippen molar-refractivity contribution < 1.29 is 4.74 Å². The first-order valence-electron chi connectivity index (χ1n) is 8.10. The van der Waals surface area contributed by atoms with E-state index in [2.05, 4.69) is 36.7 Å². The molecule has 1 aliphatic rings. The maximum atomic E-state index is 5.22. The molecular formula is C18H29NOS. The number of hydrogen-bond donors (Lipinski definition) is 1. The van der Waals surface area contributed by atoms with E-state index in [9.17, 15) is 0 Å². The van der Waals surface area contributed by atoms with Gasteiger partial charge in [-0.15, -0.1) is 0 Å². The van der Waals surface area contributed by atoms with Gasteiger partial charge in [-0.1, -0.05) is 37.8 Å². The summed E-state index contributed by atoms with van der Waals surface area (Å²) < 4.78 is 5.22. The van der Waals surface area contributed by atoms with Crippen molar-refractivity contribution in [1.29, 1.82) is 0 Å². The van der Waals surface area contributed by atoms with E-state index < -0.39 is 0 Å². The molecule has 0 aromatic heterocycles. The molecule has 1 aliphatic carbocycles. The third-order valence-electron chi connectivity index (χ3n) is 4.72. The number of nitrogens with zero attached hydrogens (tertiary/aromatic N) is 1. The van der Waals surface area contributed by atoms with Gasteiger partial charge in [0.2, 0.25) is 0 Å². The summed E-state index contributed by atoms with van der Waals surface area (Å²) in [6.45, 7) is 2.15. The number of benzene rings is 1. The quantitative estimate of drug-likeness (QED) is 0.618. The third-order valence-corrected chi connectivity index (χ3v) is 5.39. The van der Waals surface area contributed by atoms with Crippen LogP contribution >= 0.6 is 12.6 Å². The zero-order valence-corrected chi connectivity index (χ0v) is 14.4. The Morgan fingerprint density at radius 1 is 1.10 bits per heavy atom. The Bertz CT molecular complexity index is 410. The second kappa shape index (κ2) is 8.09. The van der Waals surface area contributed by atoms with Crippen LogP contribution in [0.2, 0.25) is 0 Å². The molecule has 2 nitrogen and oxygen atoms in total. The van der Waals surface area contributed by atoms with Gasteiger partial charge >= 0.3 is 0 Å². The molecule has 2 rings (SSSR count). The lowest BCUT2D eigenvalue weighted by Gasteiger charge is -2.35. The molecule has 0 saturated heterocycles. The largest absolute Gasteiger partial charge is 0.497 e. The Labute approximate surface area is 135 Å². The molecule has 0 radical (unpaired) electrons. The molecule has 1 aromatic rings. The van der Waals surface area contributed by atoms with Gasteiger partial charge in [-0.25, -0.2) is 0 Å². The second-order valence-electron chi connectivity index (χ2n) is 6.59. The van der Waals surface area contributed by atoms with Crippen molar-refractivity contribution in [2.45, 2.75) is 45.1 Å². The number of hydrogen-bond acceptors (Lipinski definition) is 3. The van der Waals surface area contributed by atoms with Gasteiger partial charge in [0, 0.05) is 13.1 Å². The number of thiol groups is 1. The van der Waals surface area contributed by atoms with Crippen LogP contribution in [0, 0.1) is 5.41 Å². The van der Waals surface area contributed by atoms with Crippen molar-refractivity contribution in [3.05, 3.63) is 29.8 Å². The van der Waals surface area contributed by atoms with Crippen molar-refractivity contribution in [2.24, 2.45) is 5.41 Å². The molecular weight excluding hydrogens is 278 g/mol. The Morgan fingerprint density at radius 2 is 1.71 bits per heavy atom. The lowest BCUT2D eigenvalue weighted by Crippen LogP contribution is -2.36. The highest BCUT2D eigenvalue weighted by atomic mass is 32.1.